The van der Waals surface area contributed by atoms with Crippen LogP contribution in [-0.4, -0.2) is 28.8 Å². The number of nitrogens with zero attached hydrogens (tertiary/aromatic N) is 1. The molecule has 21 heavy (non-hydrogen) atoms. The van der Waals surface area contributed by atoms with Gasteiger partial charge in [-0.05, 0) is 52.2 Å². The van der Waals surface area contributed by atoms with Gasteiger partial charge in [0.15, 0.2) is 0 Å². The third-order valence-electron chi connectivity index (χ3n) is 3.22. The van der Waals surface area contributed by atoms with Crippen molar-refractivity contribution >= 4 is 11.9 Å². The Morgan fingerprint density at radius 3 is 2.71 bits per heavy atom. The molecule has 2 atom stereocenters. The van der Waals surface area contributed by atoms with Crippen LogP contribution in [-0.2, 0) is 4.74 Å². The molecule has 0 radical (unpaired) electrons. The van der Waals surface area contributed by atoms with Crippen molar-refractivity contribution in [1.82, 2.24) is 10.3 Å². The summed E-state index contributed by atoms with van der Waals surface area (Å²) in [7, 11) is 0. The third-order valence-corrected chi connectivity index (χ3v) is 3.22. The molecule has 2 unspecified atom stereocenters. The third kappa shape index (κ3) is 5.21. The van der Waals surface area contributed by atoms with E-state index < -0.39 is 17.6 Å². The maximum Gasteiger partial charge on any atom is 0.407 e. The lowest BCUT2D eigenvalue weighted by molar-refractivity contribution is 0.0505. The number of rotatable bonds is 3. The van der Waals surface area contributed by atoms with Gasteiger partial charge in [-0.1, -0.05) is 6.07 Å². The molecule has 116 valence electrons. The van der Waals surface area contributed by atoms with Gasteiger partial charge in [-0.2, -0.15) is 4.39 Å². The van der Waals surface area contributed by atoms with Crippen molar-refractivity contribution in [2.45, 2.75) is 57.7 Å². The average Bonchev–Trinajstić information content (AvgIpc) is 2.73. The fourth-order valence-corrected chi connectivity index (χ4v) is 2.42. The molecule has 1 aliphatic carbocycles. The molecular weight excluding hydrogens is 273 g/mol. The number of pyridine rings is 1. The molecule has 1 heterocycles. The number of carbonyl (C=O) groups excluding carboxylic acids is 1. The molecule has 1 saturated carbocycles. The highest BCUT2D eigenvalue weighted by atomic mass is 19.1. The van der Waals surface area contributed by atoms with Crippen molar-refractivity contribution in [2.24, 2.45) is 0 Å². The fourth-order valence-electron chi connectivity index (χ4n) is 2.42. The summed E-state index contributed by atoms with van der Waals surface area (Å²) in [6, 6.07) is 4.92. The minimum Gasteiger partial charge on any atom is -0.444 e. The van der Waals surface area contributed by atoms with E-state index >= 15 is 0 Å². The first kappa shape index (κ1) is 15.5. The minimum atomic E-state index is -0.499. The van der Waals surface area contributed by atoms with Crippen LogP contribution in [0.15, 0.2) is 18.2 Å². The zero-order valence-electron chi connectivity index (χ0n) is 12.6. The number of nitrogens with one attached hydrogen (secondary N) is 2. The number of hydrogen-bond donors (Lipinski definition) is 2. The van der Waals surface area contributed by atoms with Crippen molar-refractivity contribution in [3.63, 3.8) is 0 Å². The van der Waals surface area contributed by atoms with Crippen LogP contribution in [0.5, 0.6) is 0 Å². The predicted octanol–water partition coefficient (Wildman–Crippen LogP) is 3.08. The summed E-state index contributed by atoms with van der Waals surface area (Å²) in [5.41, 5.74) is -0.494. The van der Waals surface area contributed by atoms with Gasteiger partial charge in [-0.3, -0.25) is 0 Å². The normalized spacial score (nSPS) is 21.9. The molecule has 1 aromatic heterocycles. The monoisotopic (exact) mass is 295 g/mol. The number of alkyl carbamates (subject to hydrolysis) is 1. The second-order valence-electron chi connectivity index (χ2n) is 6.34. The van der Waals surface area contributed by atoms with Crippen LogP contribution in [0, 0.1) is 5.95 Å². The molecular formula is C15H22FN3O2. The highest BCUT2D eigenvalue weighted by Crippen LogP contribution is 2.23. The Morgan fingerprint density at radius 1 is 1.33 bits per heavy atom. The molecule has 1 fully saturated rings. The van der Waals surface area contributed by atoms with Crippen LogP contribution in [0.3, 0.4) is 0 Å². The van der Waals surface area contributed by atoms with Crippen LogP contribution in [0.1, 0.15) is 40.0 Å². The largest absolute Gasteiger partial charge is 0.444 e. The van der Waals surface area contributed by atoms with Crippen molar-refractivity contribution in [2.75, 3.05) is 5.32 Å². The summed E-state index contributed by atoms with van der Waals surface area (Å²) in [6.45, 7) is 5.50. The lowest BCUT2D eigenvalue weighted by Crippen LogP contribution is -2.38. The van der Waals surface area contributed by atoms with Gasteiger partial charge >= 0.3 is 6.09 Å². The zero-order valence-corrected chi connectivity index (χ0v) is 12.6. The standard InChI is InChI=1S/C15H22FN3O2/c1-15(2,3)21-14(20)18-11-8-7-10(9-11)17-13-6-4-5-12(16)19-13/h4-6,10-11H,7-9H2,1-3H3,(H,17,19)(H,18,20). The summed E-state index contributed by atoms with van der Waals surface area (Å²) < 4.78 is 18.3. The van der Waals surface area contributed by atoms with Crippen molar-refractivity contribution in [3.05, 3.63) is 24.1 Å². The Labute approximate surface area is 124 Å². The molecule has 1 aliphatic rings. The highest BCUT2D eigenvalue weighted by molar-refractivity contribution is 5.68. The van der Waals surface area contributed by atoms with Crippen LogP contribution in [0.2, 0.25) is 0 Å². The van der Waals surface area contributed by atoms with Gasteiger partial charge < -0.3 is 15.4 Å². The van der Waals surface area contributed by atoms with Crippen molar-refractivity contribution in [3.8, 4) is 0 Å². The van der Waals surface area contributed by atoms with E-state index in [-0.39, 0.29) is 12.1 Å². The molecule has 2 N–H and O–H groups in total. The maximum absolute atomic E-state index is 13.0. The van der Waals surface area contributed by atoms with E-state index in [1.165, 1.54) is 6.07 Å². The molecule has 0 saturated heterocycles. The number of anilines is 1. The summed E-state index contributed by atoms with van der Waals surface area (Å²) in [5, 5.41) is 6.06. The number of ether oxygens (including phenoxy) is 1. The van der Waals surface area contributed by atoms with Gasteiger partial charge in [0.2, 0.25) is 5.95 Å². The van der Waals surface area contributed by atoms with E-state index in [0.717, 1.165) is 19.3 Å². The summed E-state index contributed by atoms with van der Waals surface area (Å²) in [5.74, 6) is 0.0272. The van der Waals surface area contributed by atoms with Crippen LogP contribution < -0.4 is 10.6 Å². The molecule has 1 amide bonds. The Kier molecular flexibility index (Phi) is 4.65. The lowest BCUT2D eigenvalue weighted by Gasteiger charge is -2.21. The van der Waals surface area contributed by atoms with Gasteiger partial charge in [-0.25, -0.2) is 9.78 Å². The van der Waals surface area contributed by atoms with Gasteiger partial charge in [0.25, 0.3) is 0 Å². The summed E-state index contributed by atoms with van der Waals surface area (Å²) in [4.78, 5) is 15.5. The fraction of sp³-hybridized carbons (Fsp3) is 0.600. The summed E-state index contributed by atoms with van der Waals surface area (Å²) in [6.07, 6.45) is 2.15. The van der Waals surface area contributed by atoms with Gasteiger partial charge in [-0.15, -0.1) is 0 Å². The second-order valence-corrected chi connectivity index (χ2v) is 6.34. The highest BCUT2D eigenvalue weighted by Gasteiger charge is 2.27. The SMILES string of the molecule is CC(C)(C)OC(=O)NC1CCC(Nc2cccc(F)n2)C1. The van der Waals surface area contributed by atoms with E-state index in [4.69, 9.17) is 4.74 Å². The number of aromatic nitrogens is 1. The van der Waals surface area contributed by atoms with Gasteiger partial charge in [0, 0.05) is 12.1 Å². The van der Waals surface area contributed by atoms with E-state index in [1.807, 2.05) is 20.8 Å². The van der Waals surface area contributed by atoms with Gasteiger partial charge in [0.1, 0.15) is 11.4 Å². The number of amides is 1. The minimum absolute atomic E-state index is 0.0749. The smallest absolute Gasteiger partial charge is 0.407 e. The van der Waals surface area contributed by atoms with E-state index in [1.54, 1.807) is 12.1 Å². The molecule has 2 rings (SSSR count). The molecule has 1 aromatic rings. The molecule has 0 aromatic carbocycles. The Balaban J connectivity index is 1.80. The average molecular weight is 295 g/mol. The van der Waals surface area contributed by atoms with Crippen molar-refractivity contribution in [1.29, 1.82) is 0 Å². The molecule has 0 spiro atoms. The Bertz CT molecular complexity index is 502. The first-order chi connectivity index (χ1) is 9.82. The topological polar surface area (TPSA) is 63.2 Å². The molecule has 6 heteroatoms. The number of halogens is 1. The molecule has 0 aliphatic heterocycles. The van der Waals surface area contributed by atoms with Gasteiger partial charge in [0.05, 0.1) is 0 Å². The van der Waals surface area contributed by atoms with Crippen LogP contribution in [0.4, 0.5) is 15.0 Å². The molecule has 0 bridgehead atoms. The summed E-state index contributed by atoms with van der Waals surface area (Å²) >= 11 is 0. The quantitative estimate of drug-likeness (QED) is 0.841. The first-order valence-electron chi connectivity index (χ1n) is 7.20. The van der Waals surface area contributed by atoms with Crippen molar-refractivity contribution < 1.29 is 13.9 Å². The zero-order chi connectivity index (χ0) is 15.5. The van der Waals surface area contributed by atoms with Crippen LogP contribution >= 0.6 is 0 Å². The maximum atomic E-state index is 13.0. The van der Waals surface area contributed by atoms with Crippen LogP contribution in [0.25, 0.3) is 0 Å². The number of carbonyl (C=O) groups is 1. The van der Waals surface area contributed by atoms with E-state index in [9.17, 15) is 9.18 Å². The first-order valence-corrected chi connectivity index (χ1v) is 7.20. The number of hydrogen-bond acceptors (Lipinski definition) is 4. The predicted molar refractivity (Wildman–Crippen MR) is 78.6 cm³/mol. The second kappa shape index (κ2) is 6.28. The van der Waals surface area contributed by atoms with E-state index in [0.29, 0.717) is 5.82 Å². The Hall–Kier alpha value is -1.85. The molecule has 5 nitrogen and oxygen atoms in total. The lowest BCUT2D eigenvalue weighted by atomic mass is 10.2. The van der Waals surface area contributed by atoms with E-state index in [2.05, 4.69) is 15.6 Å². The Morgan fingerprint density at radius 2 is 2.05 bits per heavy atom.